The largest absolute Gasteiger partial charge is 0.469 e. The number of carbonyl (C=O) groups is 1. The summed E-state index contributed by atoms with van der Waals surface area (Å²) in [7, 11) is 1.36. The molecule has 122 valence electrons. The molecule has 0 aliphatic carbocycles. The minimum atomic E-state index is -2.88. The van der Waals surface area contributed by atoms with E-state index >= 15 is 0 Å². The van der Waals surface area contributed by atoms with Gasteiger partial charge in [0.1, 0.15) is 11.6 Å². The van der Waals surface area contributed by atoms with Crippen molar-refractivity contribution in [2.24, 2.45) is 5.92 Å². The van der Waals surface area contributed by atoms with Gasteiger partial charge in [-0.25, -0.2) is 0 Å². The molecule has 1 atom stereocenters. The summed E-state index contributed by atoms with van der Waals surface area (Å²) in [5.74, 6) is 0.842. The lowest BCUT2D eigenvalue weighted by Gasteiger charge is -2.21. The number of fused-ring (bicyclic) bond motifs is 1. The fourth-order valence-corrected chi connectivity index (χ4v) is 2.72. The molecule has 1 aromatic heterocycles. The Bertz CT molecular complexity index is 718. The fraction of sp³-hybridized carbons (Fsp3) is 0.400. The number of esters is 1. The van der Waals surface area contributed by atoms with Gasteiger partial charge in [-0.1, -0.05) is 12.1 Å². The number of halogens is 2. The van der Waals surface area contributed by atoms with E-state index in [1.165, 1.54) is 19.2 Å². The van der Waals surface area contributed by atoms with Crippen molar-refractivity contribution < 1.29 is 23.0 Å². The van der Waals surface area contributed by atoms with E-state index < -0.39 is 6.61 Å². The molecule has 0 radical (unpaired) electrons. The smallest absolute Gasteiger partial charge is 0.387 e. The number of hydrogen-bond donors (Lipinski definition) is 0. The van der Waals surface area contributed by atoms with E-state index in [0.717, 1.165) is 0 Å². The fourth-order valence-electron chi connectivity index (χ4n) is 2.72. The summed E-state index contributed by atoms with van der Waals surface area (Å²) < 4.78 is 35.7. The van der Waals surface area contributed by atoms with Gasteiger partial charge in [-0.3, -0.25) is 4.79 Å². The predicted molar refractivity (Wildman–Crippen MR) is 75.9 cm³/mol. The predicted octanol–water partition coefficient (Wildman–Crippen LogP) is 2.28. The molecule has 2 aromatic rings. The molecular formula is C15H15F2N3O3. The maximum absolute atomic E-state index is 12.3. The van der Waals surface area contributed by atoms with Gasteiger partial charge in [-0.15, -0.1) is 10.2 Å². The molecule has 0 fully saturated rings. The first-order valence-electron chi connectivity index (χ1n) is 7.13. The second kappa shape index (κ2) is 6.31. The van der Waals surface area contributed by atoms with Crippen molar-refractivity contribution in [1.29, 1.82) is 0 Å². The van der Waals surface area contributed by atoms with Crippen LogP contribution in [-0.4, -0.2) is 34.5 Å². The number of nitrogens with zero attached hydrogens (tertiary/aromatic N) is 3. The minimum Gasteiger partial charge on any atom is -0.469 e. The third kappa shape index (κ3) is 3.15. The van der Waals surface area contributed by atoms with Gasteiger partial charge in [0.15, 0.2) is 5.82 Å². The molecule has 0 saturated heterocycles. The molecule has 2 heterocycles. The first-order chi connectivity index (χ1) is 11.1. The summed E-state index contributed by atoms with van der Waals surface area (Å²) >= 11 is 0. The molecule has 0 saturated carbocycles. The lowest BCUT2D eigenvalue weighted by molar-refractivity contribution is -0.146. The van der Waals surface area contributed by atoms with Crippen molar-refractivity contribution in [3.05, 3.63) is 30.1 Å². The topological polar surface area (TPSA) is 66.2 Å². The molecule has 8 heteroatoms. The van der Waals surface area contributed by atoms with E-state index in [1.807, 2.05) is 4.57 Å². The molecular weight excluding hydrogens is 308 g/mol. The summed E-state index contributed by atoms with van der Waals surface area (Å²) in [6.45, 7) is -2.31. The van der Waals surface area contributed by atoms with Crippen LogP contribution in [0.5, 0.6) is 5.75 Å². The molecule has 1 aliphatic rings. The minimum absolute atomic E-state index is 0.0677. The van der Waals surface area contributed by atoms with Gasteiger partial charge in [0.2, 0.25) is 0 Å². The molecule has 0 amide bonds. The van der Waals surface area contributed by atoms with Crippen LogP contribution < -0.4 is 4.74 Å². The summed E-state index contributed by atoms with van der Waals surface area (Å²) in [6, 6.07) is 6.32. The summed E-state index contributed by atoms with van der Waals surface area (Å²) in [4.78, 5) is 11.6. The Hall–Kier alpha value is -2.51. The molecule has 0 N–H and O–H groups in total. The molecule has 1 unspecified atom stereocenters. The van der Waals surface area contributed by atoms with Crippen LogP contribution in [0.25, 0.3) is 11.4 Å². The molecule has 23 heavy (non-hydrogen) atoms. The van der Waals surface area contributed by atoms with Crippen molar-refractivity contribution in [2.75, 3.05) is 7.11 Å². The van der Waals surface area contributed by atoms with Gasteiger partial charge in [-0.2, -0.15) is 8.78 Å². The normalized spacial score (nSPS) is 17.0. The van der Waals surface area contributed by atoms with Gasteiger partial charge in [0.05, 0.1) is 13.0 Å². The number of hydrogen-bond acceptors (Lipinski definition) is 5. The Labute approximate surface area is 131 Å². The van der Waals surface area contributed by atoms with Crippen LogP contribution in [0, 0.1) is 5.92 Å². The molecule has 3 rings (SSSR count). The van der Waals surface area contributed by atoms with Crippen molar-refractivity contribution in [2.45, 2.75) is 26.0 Å². The average Bonchev–Trinajstić information content (AvgIpc) is 2.96. The van der Waals surface area contributed by atoms with Gasteiger partial charge in [0, 0.05) is 18.5 Å². The molecule has 1 aliphatic heterocycles. The summed E-state index contributed by atoms with van der Waals surface area (Å²) in [5, 5.41) is 8.23. The maximum atomic E-state index is 12.3. The summed E-state index contributed by atoms with van der Waals surface area (Å²) in [5.41, 5.74) is 0.637. The van der Waals surface area contributed by atoms with Crippen LogP contribution in [0.4, 0.5) is 8.78 Å². The number of aromatic nitrogens is 3. The van der Waals surface area contributed by atoms with Crippen molar-refractivity contribution in [1.82, 2.24) is 14.8 Å². The van der Waals surface area contributed by atoms with Crippen LogP contribution in [0.3, 0.4) is 0 Å². The highest BCUT2D eigenvalue weighted by Gasteiger charge is 2.28. The van der Waals surface area contributed by atoms with Gasteiger partial charge < -0.3 is 14.0 Å². The van der Waals surface area contributed by atoms with E-state index in [1.54, 1.807) is 12.1 Å². The van der Waals surface area contributed by atoms with E-state index in [0.29, 0.717) is 36.6 Å². The Morgan fingerprint density at radius 1 is 1.39 bits per heavy atom. The number of ether oxygens (including phenoxy) is 2. The van der Waals surface area contributed by atoms with Crippen LogP contribution in [-0.2, 0) is 22.5 Å². The van der Waals surface area contributed by atoms with Gasteiger partial charge in [-0.05, 0) is 18.6 Å². The lowest BCUT2D eigenvalue weighted by atomic mass is 9.98. The van der Waals surface area contributed by atoms with E-state index in [9.17, 15) is 13.6 Å². The van der Waals surface area contributed by atoms with Crippen molar-refractivity contribution in [3.8, 4) is 17.1 Å². The standard InChI is InChI=1S/C15H15F2N3O3/c1-22-14(21)10-5-6-20-12(8-10)18-19-13(20)9-3-2-4-11(7-9)23-15(16)17/h2-4,7,10,15H,5-6,8H2,1H3. The number of carbonyl (C=O) groups excluding carboxylic acids is 1. The van der Waals surface area contributed by atoms with Crippen LogP contribution >= 0.6 is 0 Å². The highest BCUT2D eigenvalue weighted by atomic mass is 19.3. The average molecular weight is 323 g/mol. The zero-order chi connectivity index (χ0) is 16.4. The van der Waals surface area contributed by atoms with E-state index in [4.69, 9.17) is 4.74 Å². The molecule has 6 nitrogen and oxygen atoms in total. The zero-order valence-corrected chi connectivity index (χ0v) is 12.4. The van der Waals surface area contributed by atoms with Gasteiger partial charge in [0.25, 0.3) is 0 Å². The number of methoxy groups -OCH3 is 1. The quantitative estimate of drug-likeness (QED) is 0.808. The Morgan fingerprint density at radius 2 is 2.22 bits per heavy atom. The second-order valence-corrected chi connectivity index (χ2v) is 5.21. The van der Waals surface area contributed by atoms with Crippen molar-refractivity contribution >= 4 is 5.97 Å². The van der Waals surface area contributed by atoms with Crippen LogP contribution in [0.1, 0.15) is 12.2 Å². The molecule has 1 aromatic carbocycles. The first kappa shape index (κ1) is 15.4. The monoisotopic (exact) mass is 323 g/mol. The third-order valence-corrected chi connectivity index (χ3v) is 3.81. The second-order valence-electron chi connectivity index (χ2n) is 5.21. The Kier molecular flexibility index (Phi) is 4.22. The Balaban J connectivity index is 1.86. The van der Waals surface area contributed by atoms with E-state index in [-0.39, 0.29) is 17.6 Å². The summed E-state index contributed by atoms with van der Waals surface area (Å²) in [6.07, 6.45) is 1.07. The molecule has 0 bridgehead atoms. The Morgan fingerprint density at radius 3 is 2.96 bits per heavy atom. The lowest BCUT2D eigenvalue weighted by Crippen LogP contribution is -2.27. The van der Waals surface area contributed by atoms with E-state index in [2.05, 4.69) is 14.9 Å². The van der Waals surface area contributed by atoms with Crippen LogP contribution in [0.15, 0.2) is 24.3 Å². The zero-order valence-electron chi connectivity index (χ0n) is 12.4. The number of alkyl halides is 2. The third-order valence-electron chi connectivity index (χ3n) is 3.81. The number of benzene rings is 1. The van der Waals surface area contributed by atoms with Crippen LogP contribution in [0.2, 0.25) is 0 Å². The van der Waals surface area contributed by atoms with Gasteiger partial charge >= 0.3 is 12.6 Å². The molecule has 0 spiro atoms. The first-order valence-corrected chi connectivity index (χ1v) is 7.13. The highest BCUT2D eigenvalue weighted by Crippen LogP contribution is 2.28. The van der Waals surface area contributed by atoms with Crippen molar-refractivity contribution in [3.63, 3.8) is 0 Å². The SMILES string of the molecule is COC(=O)C1CCn2c(nnc2-c2cccc(OC(F)F)c2)C1. The number of rotatable bonds is 4. The maximum Gasteiger partial charge on any atom is 0.387 e. The highest BCUT2D eigenvalue weighted by molar-refractivity contribution is 5.72.